The maximum absolute atomic E-state index is 10.4. The van der Waals surface area contributed by atoms with Crippen LogP contribution in [0.1, 0.15) is 56.4 Å². The molecule has 1 N–H and O–H groups in total. The van der Waals surface area contributed by atoms with Gasteiger partial charge >= 0.3 is 0 Å². The van der Waals surface area contributed by atoms with Gasteiger partial charge in [0.25, 0.3) is 0 Å². The van der Waals surface area contributed by atoms with Crippen LogP contribution in [-0.2, 0) is 13.5 Å². The molecule has 1 heterocycles. The van der Waals surface area contributed by atoms with Gasteiger partial charge < -0.3 is 5.11 Å². The fourth-order valence-corrected chi connectivity index (χ4v) is 2.78. The Morgan fingerprint density at radius 2 is 2.12 bits per heavy atom. The van der Waals surface area contributed by atoms with E-state index >= 15 is 0 Å². The zero-order valence-electron chi connectivity index (χ0n) is 10.3. The van der Waals surface area contributed by atoms with Crippen molar-refractivity contribution in [2.75, 3.05) is 0 Å². The molecule has 2 rings (SSSR count). The molecule has 1 saturated carbocycles. The van der Waals surface area contributed by atoms with E-state index in [9.17, 15) is 5.11 Å². The summed E-state index contributed by atoms with van der Waals surface area (Å²) in [6, 6.07) is 0. The Balaban J connectivity index is 2.14. The summed E-state index contributed by atoms with van der Waals surface area (Å²) in [4.78, 5) is 0. The Bertz CT molecular complexity index is 340. The number of hydrogen-bond donors (Lipinski definition) is 1. The summed E-state index contributed by atoms with van der Waals surface area (Å²) in [7, 11) is 1.93. The summed E-state index contributed by atoms with van der Waals surface area (Å²) in [6.45, 7) is 2.10. The molecule has 1 aliphatic carbocycles. The highest BCUT2D eigenvalue weighted by Gasteiger charge is 2.25. The SMILES string of the molecule is CCc1nn(C)cc1C(O)C1CCCCC1. The average molecular weight is 222 g/mol. The first-order chi connectivity index (χ1) is 7.72. The lowest BCUT2D eigenvalue weighted by atomic mass is 9.83. The number of aliphatic hydroxyl groups is 1. The van der Waals surface area contributed by atoms with E-state index in [1.54, 1.807) is 0 Å². The van der Waals surface area contributed by atoms with Crippen LogP contribution in [-0.4, -0.2) is 14.9 Å². The van der Waals surface area contributed by atoms with Gasteiger partial charge in [0.1, 0.15) is 0 Å². The van der Waals surface area contributed by atoms with E-state index in [0.717, 1.165) is 17.7 Å². The second kappa shape index (κ2) is 5.00. The maximum atomic E-state index is 10.4. The average Bonchev–Trinajstić information content (AvgIpc) is 2.70. The number of aromatic nitrogens is 2. The molecule has 1 fully saturated rings. The molecule has 1 aliphatic rings. The summed E-state index contributed by atoms with van der Waals surface area (Å²) in [5.74, 6) is 0.447. The Morgan fingerprint density at radius 1 is 1.44 bits per heavy atom. The molecule has 1 atom stereocenters. The van der Waals surface area contributed by atoms with E-state index in [2.05, 4.69) is 12.0 Å². The van der Waals surface area contributed by atoms with Gasteiger partial charge in [-0.05, 0) is 25.2 Å². The van der Waals surface area contributed by atoms with E-state index in [4.69, 9.17) is 0 Å². The van der Waals surface area contributed by atoms with Gasteiger partial charge in [-0.1, -0.05) is 26.2 Å². The third-order valence-corrected chi connectivity index (χ3v) is 3.69. The van der Waals surface area contributed by atoms with Gasteiger partial charge in [0.15, 0.2) is 0 Å². The van der Waals surface area contributed by atoms with E-state index < -0.39 is 0 Å². The minimum Gasteiger partial charge on any atom is -0.388 e. The Morgan fingerprint density at radius 3 is 2.75 bits per heavy atom. The van der Waals surface area contributed by atoms with Crippen molar-refractivity contribution in [1.82, 2.24) is 9.78 Å². The molecule has 1 aromatic rings. The fourth-order valence-electron chi connectivity index (χ4n) is 2.78. The Kier molecular flexibility index (Phi) is 3.64. The zero-order chi connectivity index (χ0) is 11.5. The van der Waals surface area contributed by atoms with Gasteiger partial charge in [-0.3, -0.25) is 4.68 Å². The van der Waals surface area contributed by atoms with Crippen LogP contribution in [0.25, 0.3) is 0 Å². The molecule has 0 amide bonds. The number of hydrogen-bond acceptors (Lipinski definition) is 2. The van der Waals surface area contributed by atoms with Gasteiger partial charge in [0.2, 0.25) is 0 Å². The van der Waals surface area contributed by atoms with Crippen LogP contribution in [0.3, 0.4) is 0 Å². The quantitative estimate of drug-likeness (QED) is 0.853. The summed E-state index contributed by atoms with van der Waals surface area (Å²) in [5.41, 5.74) is 2.11. The summed E-state index contributed by atoms with van der Waals surface area (Å²) >= 11 is 0. The van der Waals surface area contributed by atoms with Gasteiger partial charge in [0.05, 0.1) is 11.8 Å². The van der Waals surface area contributed by atoms with Crippen molar-refractivity contribution in [1.29, 1.82) is 0 Å². The number of aliphatic hydroxyl groups excluding tert-OH is 1. The third kappa shape index (κ3) is 2.29. The molecular formula is C13H22N2O. The molecule has 0 aliphatic heterocycles. The summed E-state index contributed by atoms with van der Waals surface area (Å²) < 4.78 is 1.82. The molecule has 1 aromatic heterocycles. The first-order valence-electron chi connectivity index (χ1n) is 6.43. The van der Waals surface area contributed by atoms with E-state index in [-0.39, 0.29) is 6.10 Å². The van der Waals surface area contributed by atoms with Gasteiger partial charge in [0, 0.05) is 18.8 Å². The molecule has 90 valence electrons. The molecule has 0 saturated heterocycles. The van der Waals surface area contributed by atoms with Gasteiger partial charge in [-0.2, -0.15) is 5.10 Å². The lowest BCUT2D eigenvalue weighted by Gasteiger charge is -2.26. The second-order valence-electron chi connectivity index (χ2n) is 4.90. The molecule has 1 unspecified atom stereocenters. The highest BCUT2D eigenvalue weighted by atomic mass is 16.3. The second-order valence-corrected chi connectivity index (χ2v) is 4.90. The third-order valence-electron chi connectivity index (χ3n) is 3.69. The molecule has 0 aromatic carbocycles. The topological polar surface area (TPSA) is 38.0 Å². The Labute approximate surface area is 97.5 Å². The Hall–Kier alpha value is -0.830. The van der Waals surface area contributed by atoms with E-state index in [1.165, 1.54) is 32.1 Å². The zero-order valence-corrected chi connectivity index (χ0v) is 10.3. The first kappa shape index (κ1) is 11.6. The van der Waals surface area contributed by atoms with Crippen LogP contribution in [0.5, 0.6) is 0 Å². The van der Waals surface area contributed by atoms with Crippen LogP contribution in [0.2, 0.25) is 0 Å². The summed E-state index contributed by atoms with van der Waals surface area (Å²) in [6.07, 6.45) is 8.78. The minimum atomic E-state index is -0.302. The predicted molar refractivity (Wildman–Crippen MR) is 64.1 cm³/mol. The monoisotopic (exact) mass is 222 g/mol. The lowest BCUT2D eigenvalue weighted by Crippen LogP contribution is -2.16. The first-order valence-corrected chi connectivity index (χ1v) is 6.43. The van der Waals surface area contributed by atoms with Crippen molar-refractivity contribution < 1.29 is 5.11 Å². The van der Waals surface area contributed by atoms with E-state index in [0.29, 0.717) is 5.92 Å². The van der Waals surface area contributed by atoms with E-state index in [1.807, 2.05) is 17.9 Å². The normalized spacial score (nSPS) is 19.9. The lowest BCUT2D eigenvalue weighted by molar-refractivity contribution is 0.0841. The predicted octanol–water partition coefficient (Wildman–Crippen LogP) is 2.60. The number of rotatable bonds is 3. The smallest absolute Gasteiger partial charge is 0.0851 e. The molecule has 0 radical (unpaired) electrons. The molecule has 16 heavy (non-hydrogen) atoms. The van der Waals surface area contributed by atoms with Crippen molar-refractivity contribution in [3.05, 3.63) is 17.5 Å². The number of nitrogens with zero attached hydrogens (tertiary/aromatic N) is 2. The van der Waals surface area contributed by atoms with Crippen LogP contribution >= 0.6 is 0 Å². The van der Waals surface area contributed by atoms with Crippen LogP contribution in [0.4, 0.5) is 0 Å². The van der Waals surface area contributed by atoms with Crippen molar-refractivity contribution in [2.24, 2.45) is 13.0 Å². The van der Waals surface area contributed by atoms with Crippen LogP contribution in [0.15, 0.2) is 6.20 Å². The van der Waals surface area contributed by atoms with Crippen molar-refractivity contribution in [2.45, 2.75) is 51.6 Å². The minimum absolute atomic E-state index is 0.302. The van der Waals surface area contributed by atoms with Crippen molar-refractivity contribution in [3.63, 3.8) is 0 Å². The maximum Gasteiger partial charge on any atom is 0.0851 e. The highest BCUT2D eigenvalue weighted by Crippen LogP contribution is 2.35. The molecule has 3 heteroatoms. The largest absolute Gasteiger partial charge is 0.388 e. The van der Waals surface area contributed by atoms with Crippen molar-refractivity contribution >= 4 is 0 Å². The molecule has 3 nitrogen and oxygen atoms in total. The van der Waals surface area contributed by atoms with Gasteiger partial charge in [-0.15, -0.1) is 0 Å². The van der Waals surface area contributed by atoms with Crippen LogP contribution < -0.4 is 0 Å². The summed E-state index contributed by atoms with van der Waals surface area (Å²) in [5, 5.41) is 14.8. The molecule has 0 bridgehead atoms. The molecular weight excluding hydrogens is 200 g/mol. The van der Waals surface area contributed by atoms with Crippen molar-refractivity contribution in [3.8, 4) is 0 Å². The van der Waals surface area contributed by atoms with Crippen LogP contribution in [0, 0.1) is 5.92 Å². The van der Waals surface area contributed by atoms with Gasteiger partial charge in [-0.25, -0.2) is 0 Å². The fraction of sp³-hybridized carbons (Fsp3) is 0.769. The standard InChI is InChI=1S/C13H22N2O/c1-3-12-11(9-15(2)14-12)13(16)10-7-5-4-6-8-10/h9-10,13,16H,3-8H2,1-2H3. The number of aryl methyl sites for hydroxylation is 2. The highest BCUT2D eigenvalue weighted by molar-refractivity contribution is 5.20. The molecule has 0 spiro atoms.